The van der Waals surface area contributed by atoms with Crippen molar-refractivity contribution in [2.75, 3.05) is 26.2 Å². The Morgan fingerprint density at radius 2 is 1.97 bits per heavy atom. The van der Waals surface area contributed by atoms with E-state index in [1.807, 2.05) is 19.9 Å². The maximum absolute atomic E-state index is 10.2. The van der Waals surface area contributed by atoms with E-state index in [4.69, 9.17) is 10.5 Å². The molecule has 0 aliphatic rings. The monoisotopic (exact) mass is 423 g/mol. The molecule has 10 nitrogen and oxygen atoms in total. The van der Waals surface area contributed by atoms with Gasteiger partial charge in [-0.3, -0.25) is 14.6 Å². The highest BCUT2D eigenvalue weighted by Gasteiger charge is 2.11. The minimum atomic E-state index is -0.385. The molecule has 0 spiro atoms. The number of carbonyl (C=O) groups excluding carboxylic acids is 2. The van der Waals surface area contributed by atoms with Crippen LogP contribution < -0.4 is 5.48 Å². The fourth-order valence-electron chi connectivity index (χ4n) is 1.73. The summed E-state index contributed by atoms with van der Waals surface area (Å²) in [4.78, 5) is 25.0. The number of quaternary nitrogens is 1. The van der Waals surface area contributed by atoms with Crippen molar-refractivity contribution in [2.24, 2.45) is 4.99 Å². The van der Waals surface area contributed by atoms with Gasteiger partial charge in [0.05, 0.1) is 19.2 Å². The number of rotatable bonds is 9. The Morgan fingerprint density at radius 3 is 2.37 bits per heavy atom. The summed E-state index contributed by atoms with van der Waals surface area (Å²) in [6, 6.07) is 4.69. The normalized spacial score (nSPS) is 10.1. The van der Waals surface area contributed by atoms with Gasteiger partial charge in [0.25, 0.3) is 6.47 Å². The van der Waals surface area contributed by atoms with Gasteiger partial charge in [-0.25, -0.2) is 5.21 Å². The first-order valence-corrected chi connectivity index (χ1v) is 9.19. The summed E-state index contributed by atoms with van der Waals surface area (Å²) in [5, 5.41) is 35.9. The molecule has 30 heavy (non-hydrogen) atoms. The van der Waals surface area contributed by atoms with Gasteiger partial charge in [0.15, 0.2) is 5.75 Å². The van der Waals surface area contributed by atoms with Crippen LogP contribution in [0.4, 0.5) is 5.69 Å². The van der Waals surface area contributed by atoms with Crippen LogP contribution in [-0.4, -0.2) is 65.7 Å². The SMILES string of the molecule is C/C(C#N)=C/c1cc(O)c(O)c([NH2+]O)c1.CCN=CCN(C=O)CC.CCOC=O. The van der Waals surface area contributed by atoms with Gasteiger partial charge in [-0.1, -0.05) is 0 Å². The lowest BCUT2D eigenvalue weighted by Crippen LogP contribution is -2.73. The molecule has 0 bridgehead atoms. The van der Waals surface area contributed by atoms with Gasteiger partial charge in [0.2, 0.25) is 17.8 Å². The summed E-state index contributed by atoms with van der Waals surface area (Å²) < 4.78 is 4.15. The van der Waals surface area contributed by atoms with Gasteiger partial charge in [-0.05, 0) is 45.4 Å². The first-order valence-electron chi connectivity index (χ1n) is 9.19. The second-order valence-electron chi connectivity index (χ2n) is 5.47. The van der Waals surface area contributed by atoms with Crippen molar-refractivity contribution in [3.8, 4) is 17.6 Å². The summed E-state index contributed by atoms with van der Waals surface area (Å²) in [6.07, 6.45) is 4.13. The lowest BCUT2D eigenvalue weighted by Gasteiger charge is -2.09. The maximum atomic E-state index is 10.2. The third-order valence-electron chi connectivity index (χ3n) is 3.26. The van der Waals surface area contributed by atoms with E-state index >= 15 is 0 Å². The van der Waals surface area contributed by atoms with E-state index in [9.17, 15) is 19.8 Å². The van der Waals surface area contributed by atoms with E-state index in [0.29, 0.717) is 36.2 Å². The molecule has 5 N–H and O–H groups in total. The summed E-state index contributed by atoms with van der Waals surface area (Å²) in [5.41, 5.74) is 1.79. The number of hydrogen-bond donors (Lipinski definition) is 4. The predicted octanol–water partition coefficient (Wildman–Crippen LogP) is 1.34. The zero-order valence-corrected chi connectivity index (χ0v) is 17.8. The molecule has 0 fully saturated rings. The van der Waals surface area contributed by atoms with Crippen LogP contribution in [0.3, 0.4) is 0 Å². The molecule has 1 amide bonds. The highest BCUT2D eigenvalue weighted by atomic mass is 16.5. The zero-order chi connectivity index (χ0) is 23.4. The van der Waals surface area contributed by atoms with Crippen LogP contribution in [0.15, 0.2) is 22.7 Å². The van der Waals surface area contributed by atoms with Crippen molar-refractivity contribution in [3.63, 3.8) is 0 Å². The topological polar surface area (TPSA) is 160 Å². The number of benzene rings is 1. The standard InChI is InChI=1S/C10H10N2O3.C7H14N2O.C3H6O2/c1-6(5-11)2-7-3-8(12-15)10(14)9(13)4-7;1-3-8-5-6-9(4-2)7-10;1-2-5-3-4/h2-4,12-15H,1H3;5,7H,3-4,6H2,1-2H3;3H,2H2,1H3/p+1/b6-2-;;. The fourth-order valence-corrected chi connectivity index (χ4v) is 1.73. The molecule has 0 aliphatic carbocycles. The molecule has 0 aliphatic heterocycles. The highest BCUT2D eigenvalue weighted by Crippen LogP contribution is 2.32. The molecule has 166 valence electrons. The summed E-state index contributed by atoms with van der Waals surface area (Å²) in [5.74, 6) is -0.723. The smallest absolute Gasteiger partial charge is 0.293 e. The van der Waals surface area contributed by atoms with Crippen molar-refractivity contribution in [2.45, 2.75) is 27.7 Å². The highest BCUT2D eigenvalue weighted by molar-refractivity contribution is 5.66. The first-order chi connectivity index (χ1) is 14.3. The second-order valence-corrected chi connectivity index (χ2v) is 5.47. The second kappa shape index (κ2) is 18.9. The van der Waals surface area contributed by atoms with E-state index < -0.39 is 0 Å². The molecule has 1 aromatic rings. The van der Waals surface area contributed by atoms with Crippen LogP contribution in [0.5, 0.6) is 11.5 Å². The molecule has 10 heteroatoms. The molecule has 0 aromatic heterocycles. The van der Waals surface area contributed by atoms with Crippen molar-refractivity contribution in [1.29, 1.82) is 5.26 Å². The number of amides is 1. The molecule has 0 atom stereocenters. The van der Waals surface area contributed by atoms with Crippen molar-refractivity contribution < 1.29 is 35.2 Å². The number of allylic oxidation sites excluding steroid dienone is 1. The lowest BCUT2D eigenvalue weighted by atomic mass is 10.1. The van der Waals surface area contributed by atoms with Crippen molar-refractivity contribution >= 4 is 30.9 Å². The van der Waals surface area contributed by atoms with Gasteiger partial charge in [0, 0.05) is 30.9 Å². The molecular weight excluding hydrogens is 392 g/mol. The molecule has 0 saturated carbocycles. The van der Waals surface area contributed by atoms with Crippen molar-refractivity contribution in [1.82, 2.24) is 4.90 Å². The van der Waals surface area contributed by atoms with E-state index in [1.165, 1.54) is 18.2 Å². The van der Waals surface area contributed by atoms with Gasteiger partial charge >= 0.3 is 0 Å². The van der Waals surface area contributed by atoms with Gasteiger partial charge in [0.1, 0.15) is 0 Å². The van der Waals surface area contributed by atoms with E-state index in [0.717, 1.165) is 19.5 Å². The van der Waals surface area contributed by atoms with Gasteiger partial charge in [-0.2, -0.15) is 10.7 Å². The Labute approximate surface area is 176 Å². The Balaban J connectivity index is 0. The first kappa shape index (κ1) is 28.8. The molecule has 0 heterocycles. The van der Waals surface area contributed by atoms with Crippen LogP contribution in [0.25, 0.3) is 6.08 Å². The molecule has 0 radical (unpaired) electrons. The maximum Gasteiger partial charge on any atom is 0.293 e. The van der Waals surface area contributed by atoms with E-state index in [1.54, 1.807) is 25.0 Å². The zero-order valence-electron chi connectivity index (χ0n) is 17.8. The minimum Gasteiger partial charge on any atom is -0.504 e. The Bertz CT molecular complexity index is 729. The van der Waals surface area contributed by atoms with Crippen LogP contribution >= 0.6 is 0 Å². The molecule has 0 saturated heterocycles. The Morgan fingerprint density at radius 1 is 1.30 bits per heavy atom. The minimum absolute atomic E-state index is 0.104. The van der Waals surface area contributed by atoms with Gasteiger partial charge < -0.3 is 19.8 Å². The Kier molecular flexibility index (Phi) is 18.2. The predicted molar refractivity (Wildman–Crippen MR) is 112 cm³/mol. The lowest BCUT2D eigenvalue weighted by molar-refractivity contribution is -0.826. The average molecular weight is 423 g/mol. The van der Waals surface area contributed by atoms with Crippen LogP contribution in [-0.2, 0) is 14.3 Å². The molecule has 1 rings (SSSR count). The van der Waals surface area contributed by atoms with Crippen LogP contribution in [0.1, 0.15) is 33.3 Å². The van der Waals surface area contributed by atoms with E-state index in [2.05, 4.69) is 9.73 Å². The van der Waals surface area contributed by atoms with Crippen LogP contribution in [0, 0.1) is 11.3 Å². The van der Waals surface area contributed by atoms with Crippen molar-refractivity contribution in [3.05, 3.63) is 23.3 Å². The third-order valence-corrected chi connectivity index (χ3v) is 3.26. The average Bonchev–Trinajstić information content (AvgIpc) is 2.75. The number of nitrogens with two attached hydrogens (primary N) is 1. The summed E-state index contributed by atoms with van der Waals surface area (Å²) in [7, 11) is 0. The third kappa shape index (κ3) is 13.7. The van der Waals surface area contributed by atoms with E-state index in [-0.39, 0.29) is 17.2 Å². The van der Waals surface area contributed by atoms with Gasteiger partial charge in [-0.15, -0.1) is 0 Å². The molecule has 0 unspecified atom stereocenters. The summed E-state index contributed by atoms with van der Waals surface area (Å²) in [6.45, 7) is 10.4. The molecular formula is C20H31N4O6+. The summed E-state index contributed by atoms with van der Waals surface area (Å²) >= 11 is 0. The fraction of sp³-hybridized carbons (Fsp3) is 0.400. The number of aliphatic imine (C=N–C) groups is 1. The number of aromatic hydroxyl groups is 2. The number of phenols is 2. The number of hydrogen-bond acceptors (Lipinski definition) is 8. The number of nitrogens with zero attached hydrogens (tertiary/aromatic N) is 3. The number of nitriles is 1. The quantitative estimate of drug-likeness (QED) is 0.116. The number of phenolic OH excluding ortho intramolecular Hbond substituents is 2. The number of ether oxygens (including phenoxy) is 1. The molecule has 1 aromatic carbocycles. The largest absolute Gasteiger partial charge is 0.504 e. The number of carbonyl (C=O) groups is 2. The Hall–Kier alpha value is -3.42. The van der Waals surface area contributed by atoms with Crippen LogP contribution in [0.2, 0.25) is 0 Å².